The van der Waals surface area contributed by atoms with Gasteiger partial charge in [0.1, 0.15) is 7.85 Å². The molecule has 0 aromatic heterocycles. The molecule has 1 amide bonds. The van der Waals surface area contributed by atoms with Crippen LogP contribution in [0.25, 0.3) is 0 Å². The molecule has 0 aliphatic carbocycles. The minimum atomic E-state index is -0.957. The lowest BCUT2D eigenvalue weighted by Crippen LogP contribution is -2.45. The van der Waals surface area contributed by atoms with E-state index >= 15 is 0 Å². The molecule has 1 atom stereocenters. The molecular formula is C5H12BNO2. The summed E-state index contributed by atoms with van der Waals surface area (Å²) in [5, 5.41) is 10.7. The molecule has 0 saturated heterocycles. The van der Waals surface area contributed by atoms with Crippen LogP contribution in [0, 0.1) is 0 Å². The predicted molar refractivity (Wildman–Crippen MR) is 38.4 cm³/mol. The van der Waals surface area contributed by atoms with E-state index in [-0.39, 0.29) is 5.44 Å². The molecule has 0 fully saturated rings. The first-order chi connectivity index (χ1) is 3.98. The van der Waals surface area contributed by atoms with Crippen molar-refractivity contribution in [1.82, 2.24) is 5.32 Å². The minimum Gasteiger partial charge on any atom is -0.465 e. The normalized spacial score (nSPS) is 16.2. The molecular weight excluding hydrogens is 117 g/mol. The average molecular weight is 129 g/mol. The Hall–Kier alpha value is -0.665. The van der Waals surface area contributed by atoms with Crippen molar-refractivity contribution in [1.29, 1.82) is 0 Å². The maximum absolute atomic E-state index is 10.1. The standard InChI is InChI=1S/C5H12BNO2/c1-3-5(2,6)7-4(8)9/h7H,3,6H2,1-2H3,(H,8,9). The molecule has 0 aliphatic heterocycles. The summed E-state index contributed by atoms with van der Waals surface area (Å²) < 4.78 is 0. The molecule has 0 aromatic rings. The Kier molecular flexibility index (Phi) is 2.55. The highest BCUT2D eigenvalue weighted by Gasteiger charge is 2.16. The topological polar surface area (TPSA) is 49.3 Å². The summed E-state index contributed by atoms with van der Waals surface area (Å²) >= 11 is 0. The van der Waals surface area contributed by atoms with E-state index < -0.39 is 6.09 Å². The molecule has 0 bridgehead atoms. The highest BCUT2D eigenvalue weighted by Crippen LogP contribution is 2.00. The molecule has 2 N–H and O–H groups in total. The lowest BCUT2D eigenvalue weighted by molar-refractivity contribution is 0.187. The average Bonchev–Trinajstić information content (AvgIpc) is 1.63. The van der Waals surface area contributed by atoms with E-state index in [0.717, 1.165) is 6.42 Å². The van der Waals surface area contributed by atoms with E-state index in [9.17, 15) is 4.79 Å². The van der Waals surface area contributed by atoms with Crippen molar-refractivity contribution in [3.8, 4) is 0 Å². The van der Waals surface area contributed by atoms with E-state index in [1.807, 2.05) is 21.7 Å². The van der Waals surface area contributed by atoms with Crippen LogP contribution in [-0.4, -0.2) is 24.5 Å². The summed E-state index contributed by atoms with van der Waals surface area (Å²) in [7, 11) is 1.85. The lowest BCUT2D eigenvalue weighted by Gasteiger charge is -2.21. The van der Waals surface area contributed by atoms with Crippen molar-refractivity contribution in [3.05, 3.63) is 0 Å². The van der Waals surface area contributed by atoms with Crippen molar-refractivity contribution >= 4 is 13.9 Å². The van der Waals surface area contributed by atoms with Gasteiger partial charge >= 0.3 is 6.09 Å². The number of hydrogen-bond donors (Lipinski definition) is 2. The van der Waals surface area contributed by atoms with Gasteiger partial charge in [-0.15, -0.1) is 0 Å². The number of nitrogens with one attached hydrogen (secondary N) is 1. The van der Waals surface area contributed by atoms with Crippen LogP contribution in [0.5, 0.6) is 0 Å². The van der Waals surface area contributed by atoms with Crippen molar-refractivity contribution in [2.75, 3.05) is 0 Å². The van der Waals surface area contributed by atoms with Gasteiger partial charge in [-0.05, 0) is 13.3 Å². The van der Waals surface area contributed by atoms with Crippen LogP contribution < -0.4 is 5.32 Å². The summed E-state index contributed by atoms with van der Waals surface area (Å²) in [4.78, 5) is 10.1. The minimum absolute atomic E-state index is 0.286. The molecule has 9 heavy (non-hydrogen) atoms. The molecule has 52 valence electrons. The number of carbonyl (C=O) groups is 1. The van der Waals surface area contributed by atoms with Crippen molar-refractivity contribution in [2.45, 2.75) is 25.7 Å². The number of rotatable bonds is 2. The SMILES string of the molecule is BC(C)(CC)NC(=O)O. The summed E-state index contributed by atoms with van der Waals surface area (Å²) in [5.74, 6) is 0. The number of carboxylic acid groups (broad SMARTS) is 1. The van der Waals surface area contributed by atoms with Gasteiger partial charge < -0.3 is 10.4 Å². The Morgan fingerprint density at radius 2 is 2.33 bits per heavy atom. The fraction of sp³-hybridized carbons (Fsp3) is 0.800. The van der Waals surface area contributed by atoms with Crippen LogP contribution in [0.3, 0.4) is 0 Å². The molecule has 0 spiro atoms. The van der Waals surface area contributed by atoms with Gasteiger partial charge in [-0.3, -0.25) is 0 Å². The zero-order valence-corrected chi connectivity index (χ0v) is 6.06. The first-order valence-corrected chi connectivity index (χ1v) is 2.99. The van der Waals surface area contributed by atoms with Crippen LogP contribution in [0.1, 0.15) is 20.3 Å². The Labute approximate surface area is 55.9 Å². The third kappa shape index (κ3) is 3.88. The summed E-state index contributed by atoms with van der Waals surface area (Å²) in [5.41, 5.74) is -0.286. The molecule has 0 rings (SSSR count). The van der Waals surface area contributed by atoms with Gasteiger partial charge in [0.05, 0.1) is 0 Å². The monoisotopic (exact) mass is 129 g/mol. The third-order valence-corrected chi connectivity index (χ3v) is 1.33. The Morgan fingerprint density at radius 1 is 1.89 bits per heavy atom. The molecule has 0 aliphatic rings. The Bertz CT molecular complexity index is 114. The second-order valence-electron chi connectivity index (χ2n) is 2.67. The maximum atomic E-state index is 10.1. The van der Waals surface area contributed by atoms with Crippen LogP contribution in [0.2, 0.25) is 0 Å². The summed E-state index contributed by atoms with van der Waals surface area (Å²) in [6, 6.07) is 0. The zero-order chi connectivity index (χ0) is 7.49. The fourth-order valence-electron chi connectivity index (χ4n) is 0.378. The van der Waals surface area contributed by atoms with Crippen molar-refractivity contribution in [3.63, 3.8) is 0 Å². The largest absolute Gasteiger partial charge is 0.465 e. The molecule has 1 unspecified atom stereocenters. The van der Waals surface area contributed by atoms with Crippen LogP contribution in [0.4, 0.5) is 4.79 Å². The van der Waals surface area contributed by atoms with Crippen LogP contribution in [-0.2, 0) is 0 Å². The summed E-state index contributed by atoms with van der Waals surface area (Å²) in [6.45, 7) is 3.79. The van der Waals surface area contributed by atoms with E-state index in [1.165, 1.54) is 0 Å². The van der Waals surface area contributed by atoms with Crippen LogP contribution >= 0.6 is 0 Å². The quantitative estimate of drug-likeness (QED) is 0.516. The van der Waals surface area contributed by atoms with E-state index in [4.69, 9.17) is 5.11 Å². The molecule has 0 aromatic carbocycles. The lowest BCUT2D eigenvalue weighted by atomic mass is 9.78. The number of amides is 1. The zero-order valence-electron chi connectivity index (χ0n) is 6.06. The van der Waals surface area contributed by atoms with E-state index in [1.54, 1.807) is 0 Å². The first-order valence-electron chi connectivity index (χ1n) is 2.99. The predicted octanol–water partition coefficient (Wildman–Crippen LogP) is 0.0133. The van der Waals surface area contributed by atoms with Gasteiger partial charge in [-0.25, -0.2) is 4.79 Å². The van der Waals surface area contributed by atoms with Crippen LogP contribution in [0.15, 0.2) is 0 Å². The second-order valence-corrected chi connectivity index (χ2v) is 2.67. The fourth-order valence-corrected chi connectivity index (χ4v) is 0.378. The number of hydrogen-bond acceptors (Lipinski definition) is 1. The first kappa shape index (κ1) is 8.33. The Morgan fingerprint density at radius 3 is 2.44 bits per heavy atom. The molecule has 3 nitrogen and oxygen atoms in total. The highest BCUT2D eigenvalue weighted by atomic mass is 16.4. The Balaban J connectivity index is 3.71. The maximum Gasteiger partial charge on any atom is 0.404 e. The van der Waals surface area contributed by atoms with Gasteiger partial charge in [-0.2, -0.15) is 0 Å². The van der Waals surface area contributed by atoms with Crippen molar-refractivity contribution in [2.24, 2.45) is 0 Å². The van der Waals surface area contributed by atoms with Gasteiger partial charge in [-0.1, -0.05) is 6.92 Å². The molecule has 0 heterocycles. The van der Waals surface area contributed by atoms with Gasteiger partial charge in [0.15, 0.2) is 0 Å². The molecule has 4 heteroatoms. The third-order valence-electron chi connectivity index (χ3n) is 1.33. The van der Waals surface area contributed by atoms with Crippen molar-refractivity contribution < 1.29 is 9.90 Å². The van der Waals surface area contributed by atoms with Gasteiger partial charge in [0, 0.05) is 5.44 Å². The molecule has 0 saturated carbocycles. The molecule has 0 radical (unpaired) electrons. The van der Waals surface area contributed by atoms with E-state index in [0.29, 0.717) is 0 Å². The highest BCUT2D eigenvalue weighted by molar-refractivity contribution is 6.16. The second kappa shape index (κ2) is 2.76. The van der Waals surface area contributed by atoms with Gasteiger partial charge in [0.25, 0.3) is 0 Å². The van der Waals surface area contributed by atoms with Gasteiger partial charge in [0.2, 0.25) is 0 Å². The smallest absolute Gasteiger partial charge is 0.404 e. The summed E-state index contributed by atoms with van der Waals surface area (Å²) in [6.07, 6.45) is -0.152. The van der Waals surface area contributed by atoms with E-state index in [2.05, 4.69) is 5.32 Å².